The Bertz CT molecular complexity index is 641. The second-order valence-electron chi connectivity index (χ2n) is 4.61. The van der Waals surface area contributed by atoms with Gasteiger partial charge in [0.2, 0.25) is 5.91 Å². The van der Waals surface area contributed by atoms with Crippen molar-refractivity contribution in [3.63, 3.8) is 0 Å². The second kappa shape index (κ2) is 6.65. The Balaban J connectivity index is 2.07. The van der Waals surface area contributed by atoms with E-state index >= 15 is 0 Å². The minimum Gasteiger partial charge on any atom is -0.508 e. The number of nitrogens with one attached hydrogen (secondary N) is 2. The molecule has 0 spiro atoms. The fourth-order valence-electron chi connectivity index (χ4n) is 1.94. The van der Waals surface area contributed by atoms with Gasteiger partial charge in [0.25, 0.3) is 0 Å². The highest BCUT2D eigenvalue weighted by Crippen LogP contribution is 2.24. The number of aromatic hydroxyl groups is 1. The minimum atomic E-state index is -0.113. The van der Waals surface area contributed by atoms with E-state index in [-0.39, 0.29) is 11.7 Å². The van der Waals surface area contributed by atoms with Crippen molar-refractivity contribution in [2.24, 2.45) is 0 Å². The molecule has 21 heavy (non-hydrogen) atoms. The van der Waals surface area contributed by atoms with Crippen LogP contribution in [0.4, 0.5) is 11.4 Å². The standard InChI is InChI=1S/C16H18N2O3/c1-11(19)18-14-5-3-4-13(9-14)17-10-12-8-15(21-2)6-7-16(12)20/h3-9,17,20H,10H2,1-2H3,(H,18,19). The smallest absolute Gasteiger partial charge is 0.221 e. The summed E-state index contributed by atoms with van der Waals surface area (Å²) >= 11 is 0. The lowest BCUT2D eigenvalue weighted by Crippen LogP contribution is -2.06. The number of phenolic OH excluding ortho intramolecular Hbond substituents is 1. The van der Waals surface area contributed by atoms with Crippen molar-refractivity contribution < 1.29 is 14.6 Å². The van der Waals surface area contributed by atoms with Gasteiger partial charge in [0.1, 0.15) is 11.5 Å². The largest absolute Gasteiger partial charge is 0.508 e. The summed E-state index contributed by atoms with van der Waals surface area (Å²) in [6, 6.07) is 12.5. The molecule has 5 nitrogen and oxygen atoms in total. The number of phenols is 1. The van der Waals surface area contributed by atoms with Crippen LogP contribution in [0.2, 0.25) is 0 Å². The zero-order valence-corrected chi connectivity index (χ0v) is 12.0. The molecule has 2 aromatic carbocycles. The van der Waals surface area contributed by atoms with Crippen LogP contribution < -0.4 is 15.4 Å². The van der Waals surface area contributed by atoms with Gasteiger partial charge in [-0.25, -0.2) is 0 Å². The Morgan fingerprint density at radius 3 is 2.67 bits per heavy atom. The highest BCUT2D eigenvalue weighted by molar-refractivity contribution is 5.89. The molecule has 2 aromatic rings. The van der Waals surface area contributed by atoms with E-state index in [1.807, 2.05) is 24.3 Å². The topological polar surface area (TPSA) is 70.6 Å². The molecule has 0 heterocycles. The summed E-state index contributed by atoms with van der Waals surface area (Å²) in [5.41, 5.74) is 2.31. The molecule has 0 saturated carbocycles. The molecule has 0 unspecified atom stereocenters. The van der Waals surface area contributed by atoms with Crippen molar-refractivity contribution in [2.75, 3.05) is 17.7 Å². The average Bonchev–Trinajstić information content (AvgIpc) is 2.46. The number of amides is 1. The van der Waals surface area contributed by atoms with E-state index in [0.29, 0.717) is 12.3 Å². The summed E-state index contributed by atoms with van der Waals surface area (Å²) in [5.74, 6) is 0.788. The highest BCUT2D eigenvalue weighted by atomic mass is 16.5. The first-order valence-corrected chi connectivity index (χ1v) is 6.56. The molecule has 1 amide bonds. The quantitative estimate of drug-likeness (QED) is 0.790. The lowest BCUT2D eigenvalue weighted by Gasteiger charge is -2.11. The molecule has 0 fully saturated rings. The van der Waals surface area contributed by atoms with Gasteiger partial charge < -0.3 is 20.5 Å². The third-order valence-electron chi connectivity index (χ3n) is 2.95. The van der Waals surface area contributed by atoms with Gasteiger partial charge in [-0.1, -0.05) is 6.07 Å². The van der Waals surface area contributed by atoms with Crippen molar-refractivity contribution in [3.05, 3.63) is 48.0 Å². The molecular weight excluding hydrogens is 268 g/mol. The van der Waals surface area contributed by atoms with Gasteiger partial charge in [0.15, 0.2) is 0 Å². The molecule has 0 radical (unpaired) electrons. The maximum absolute atomic E-state index is 11.0. The van der Waals surface area contributed by atoms with E-state index in [4.69, 9.17) is 4.74 Å². The first kappa shape index (κ1) is 14.7. The van der Waals surface area contributed by atoms with Crippen LogP contribution in [0, 0.1) is 0 Å². The summed E-state index contributed by atoms with van der Waals surface area (Å²) < 4.78 is 5.14. The van der Waals surface area contributed by atoms with Gasteiger partial charge >= 0.3 is 0 Å². The summed E-state index contributed by atoms with van der Waals surface area (Å²) in [4.78, 5) is 11.0. The zero-order chi connectivity index (χ0) is 15.2. The number of hydrogen-bond donors (Lipinski definition) is 3. The number of benzene rings is 2. The van der Waals surface area contributed by atoms with Gasteiger partial charge in [-0.05, 0) is 36.4 Å². The summed E-state index contributed by atoms with van der Waals surface area (Å²) in [6.07, 6.45) is 0. The molecule has 2 rings (SSSR count). The SMILES string of the molecule is COc1ccc(O)c(CNc2cccc(NC(C)=O)c2)c1. The molecule has 0 aliphatic rings. The molecule has 0 bridgehead atoms. The minimum absolute atomic E-state index is 0.113. The van der Waals surface area contributed by atoms with Crippen LogP contribution in [-0.2, 0) is 11.3 Å². The summed E-state index contributed by atoms with van der Waals surface area (Å²) in [5, 5.41) is 15.8. The van der Waals surface area contributed by atoms with Gasteiger partial charge in [-0.3, -0.25) is 4.79 Å². The maximum atomic E-state index is 11.0. The van der Waals surface area contributed by atoms with E-state index in [2.05, 4.69) is 10.6 Å². The van der Waals surface area contributed by atoms with Crippen LogP contribution >= 0.6 is 0 Å². The predicted molar refractivity (Wildman–Crippen MR) is 82.7 cm³/mol. The summed E-state index contributed by atoms with van der Waals surface area (Å²) in [7, 11) is 1.58. The van der Waals surface area contributed by atoms with Gasteiger partial charge in [-0.2, -0.15) is 0 Å². The van der Waals surface area contributed by atoms with E-state index in [0.717, 1.165) is 16.9 Å². The van der Waals surface area contributed by atoms with Crippen LogP contribution in [0.3, 0.4) is 0 Å². The number of ether oxygens (including phenoxy) is 1. The summed E-state index contributed by atoms with van der Waals surface area (Å²) in [6.45, 7) is 1.92. The Labute approximate surface area is 123 Å². The molecule has 5 heteroatoms. The first-order valence-electron chi connectivity index (χ1n) is 6.56. The number of rotatable bonds is 5. The normalized spacial score (nSPS) is 10.0. The van der Waals surface area contributed by atoms with E-state index in [1.165, 1.54) is 6.92 Å². The van der Waals surface area contributed by atoms with Crippen LogP contribution in [0.15, 0.2) is 42.5 Å². The fraction of sp³-hybridized carbons (Fsp3) is 0.188. The number of hydrogen-bond acceptors (Lipinski definition) is 4. The highest BCUT2D eigenvalue weighted by Gasteiger charge is 2.04. The van der Waals surface area contributed by atoms with Crippen molar-refractivity contribution in [1.29, 1.82) is 0 Å². The van der Waals surface area contributed by atoms with E-state index < -0.39 is 0 Å². The molecule has 0 aliphatic heterocycles. The number of carbonyl (C=O) groups is 1. The van der Waals surface area contributed by atoms with Crippen LogP contribution in [0.25, 0.3) is 0 Å². The number of carbonyl (C=O) groups excluding carboxylic acids is 1. The molecule has 0 aromatic heterocycles. The monoisotopic (exact) mass is 286 g/mol. The van der Waals surface area contributed by atoms with Crippen molar-refractivity contribution in [1.82, 2.24) is 0 Å². The zero-order valence-electron chi connectivity index (χ0n) is 12.0. The van der Waals surface area contributed by atoms with Crippen molar-refractivity contribution in [3.8, 4) is 11.5 Å². The molecule has 0 aliphatic carbocycles. The van der Waals surface area contributed by atoms with Crippen molar-refractivity contribution >= 4 is 17.3 Å². The fourth-order valence-corrected chi connectivity index (χ4v) is 1.94. The molecule has 110 valence electrons. The predicted octanol–water partition coefficient (Wildman–Crippen LogP) is 2.97. The van der Waals surface area contributed by atoms with Gasteiger partial charge in [0.05, 0.1) is 7.11 Å². The van der Waals surface area contributed by atoms with Gasteiger partial charge in [0, 0.05) is 30.4 Å². The van der Waals surface area contributed by atoms with Gasteiger partial charge in [-0.15, -0.1) is 0 Å². The molecule has 0 saturated heterocycles. The Morgan fingerprint density at radius 1 is 1.19 bits per heavy atom. The Kier molecular flexibility index (Phi) is 4.66. The third kappa shape index (κ3) is 4.14. The average molecular weight is 286 g/mol. The first-order chi connectivity index (χ1) is 10.1. The number of methoxy groups -OCH3 is 1. The maximum Gasteiger partial charge on any atom is 0.221 e. The number of anilines is 2. The third-order valence-corrected chi connectivity index (χ3v) is 2.95. The molecule has 0 atom stereocenters. The molecular formula is C16H18N2O3. The second-order valence-corrected chi connectivity index (χ2v) is 4.61. The Hall–Kier alpha value is -2.69. The van der Waals surface area contributed by atoms with Crippen LogP contribution in [0.1, 0.15) is 12.5 Å². The Morgan fingerprint density at radius 2 is 1.95 bits per heavy atom. The molecule has 3 N–H and O–H groups in total. The lowest BCUT2D eigenvalue weighted by atomic mass is 10.2. The van der Waals surface area contributed by atoms with Crippen LogP contribution in [0.5, 0.6) is 11.5 Å². The van der Waals surface area contributed by atoms with Crippen molar-refractivity contribution in [2.45, 2.75) is 13.5 Å². The van der Waals surface area contributed by atoms with E-state index in [1.54, 1.807) is 25.3 Å². The van der Waals surface area contributed by atoms with Crippen LogP contribution in [-0.4, -0.2) is 18.1 Å². The lowest BCUT2D eigenvalue weighted by molar-refractivity contribution is -0.114. The van der Waals surface area contributed by atoms with E-state index in [9.17, 15) is 9.90 Å².